The molecule has 3 rings (SSSR count). The first-order valence-electron chi connectivity index (χ1n) is 10.4. The van der Waals surface area contributed by atoms with E-state index >= 15 is 0 Å². The van der Waals surface area contributed by atoms with Crippen LogP contribution in [0, 0.1) is 0 Å². The molecule has 0 unspecified atom stereocenters. The number of anilines is 2. The smallest absolute Gasteiger partial charge is 0.307 e. The van der Waals surface area contributed by atoms with E-state index in [1.54, 1.807) is 31.0 Å². The van der Waals surface area contributed by atoms with Crippen molar-refractivity contribution in [2.24, 2.45) is 0 Å². The molecule has 0 aliphatic carbocycles. The van der Waals surface area contributed by atoms with Gasteiger partial charge in [-0.05, 0) is 31.5 Å². The van der Waals surface area contributed by atoms with E-state index in [9.17, 15) is 9.59 Å². The third kappa shape index (κ3) is 4.51. The molecule has 2 aromatic rings. The van der Waals surface area contributed by atoms with Crippen molar-refractivity contribution in [2.75, 3.05) is 52.0 Å². The normalized spacial score (nSPS) is 12.8. The minimum absolute atomic E-state index is 0.144. The predicted octanol–water partition coefficient (Wildman–Crippen LogP) is 3.07. The van der Waals surface area contributed by atoms with Crippen LogP contribution in [0.1, 0.15) is 29.3 Å². The average Bonchev–Trinajstić information content (AvgIpc) is 2.79. The lowest BCUT2D eigenvalue weighted by molar-refractivity contribution is -0.143. The van der Waals surface area contributed by atoms with Gasteiger partial charge < -0.3 is 34.9 Å². The number of para-hydroxylation sites is 1. The van der Waals surface area contributed by atoms with Crippen molar-refractivity contribution in [3.63, 3.8) is 0 Å². The van der Waals surface area contributed by atoms with Gasteiger partial charge in [0.05, 0.1) is 44.2 Å². The third-order valence-corrected chi connectivity index (χ3v) is 5.32. The van der Waals surface area contributed by atoms with Crippen LogP contribution < -0.4 is 25.3 Å². The van der Waals surface area contributed by atoms with Gasteiger partial charge in [0, 0.05) is 25.7 Å². The number of nitrogens with zero attached hydrogens (tertiary/aromatic N) is 1. The monoisotopic (exact) mass is 443 g/mol. The van der Waals surface area contributed by atoms with Crippen molar-refractivity contribution >= 4 is 23.3 Å². The number of esters is 1. The van der Waals surface area contributed by atoms with Gasteiger partial charge in [-0.15, -0.1) is 0 Å². The van der Waals surface area contributed by atoms with E-state index in [2.05, 4.69) is 5.32 Å². The summed E-state index contributed by atoms with van der Waals surface area (Å²) in [4.78, 5) is 26.5. The minimum Gasteiger partial charge on any atom is -0.493 e. The molecule has 0 radical (unpaired) electrons. The maximum absolute atomic E-state index is 13.1. The number of carbonyl (C=O) groups is 2. The zero-order chi connectivity index (χ0) is 23.3. The molecule has 1 aliphatic rings. The van der Waals surface area contributed by atoms with Crippen LogP contribution in [0.25, 0.3) is 0 Å². The minimum atomic E-state index is -0.327. The van der Waals surface area contributed by atoms with Crippen LogP contribution in [0.4, 0.5) is 11.4 Å². The van der Waals surface area contributed by atoms with E-state index in [0.717, 1.165) is 11.3 Å². The summed E-state index contributed by atoms with van der Waals surface area (Å²) in [5.41, 5.74) is 8.57. The summed E-state index contributed by atoms with van der Waals surface area (Å²) in [5, 5.41) is 3.02. The summed E-state index contributed by atoms with van der Waals surface area (Å²) < 4.78 is 22.3. The SMILES string of the molecule is CCOC(=O)CCN1CCc2c(cc(OC)c(Oc3cccc(NC)c3N)c2OC)C1=O. The highest BCUT2D eigenvalue weighted by atomic mass is 16.5. The number of methoxy groups -OCH3 is 2. The topological polar surface area (TPSA) is 112 Å². The second-order valence-corrected chi connectivity index (χ2v) is 7.13. The molecule has 3 N–H and O–H groups in total. The van der Waals surface area contributed by atoms with E-state index in [0.29, 0.717) is 53.8 Å². The Balaban J connectivity index is 1.95. The van der Waals surface area contributed by atoms with Gasteiger partial charge >= 0.3 is 5.97 Å². The molecule has 0 fully saturated rings. The largest absolute Gasteiger partial charge is 0.493 e. The van der Waals surface area contributed by atoms with Gasteiger partial charge in [-0.3, -0.25) is 9.59 Å². The van der Waals surface area contributed by atoms with Crippen LogP contribution in [0.3, 0.4) is 0 Å². The first kappa shape index (κ1) is 23.1. The number of amides is 1. The van der Waals surface area contributed by atoms with Crippen molar-refractivity contribution in [1.29, 1.82) is 0 Å². The number of nitrogens with one attached hydrogen (secondary N) is 1. The Kier molecular flexibility index (Phi) is 7.29. The highest BCUT2D eigenvalue weighted by molar-refractivity contribution is 5.99. The van der Waals surface area contributed by atoms with E-state index in [4.69, 9.17) is 24.7 Å². The fourth-order valence-corrected chi connectivity index (χ4v) is 3.71. The molecule has 1 aliphatic heterocycles. The van der Waals surface area contributed by atoms with E-state index in [1.165, 1.54) is 14.2 Å². The zero-order valence-electron chi connectivity index (χ0n) is 18.8. The molecule has 0 bridgehead atoms. The summed E-state index contributed by atoms with van der Waals surface area (Å²) in [6.45, 7) is 2.80. The van der Waals surface area contributed by atoms with Crippen molar-refractivity contribution in [3.05, 3.63) is 35.4 Å². The van der Waals surface area contributed by atoms with Gasteiger partial charge in [0.25, 0.3) is 5.91 Å². The summed E-state index contributed by atoms with van der Waals surface area (Å²) in [5.74, 6) is 1.03. The number of hydrogen-bond donors (Lipinski definition) is 2. The number of ether oxygens (including phenoxy) is 4. The molecule has 172 valence electrons. The summed E-state index contributed by atoms with van der Waals surface area (Å²) in [6, 6.07) is 7.05. The predicted molar refractivity (Wildman–Crippen MR) is 121 cm³/mol. The highest BCUT2D eigenvalue weighted by Gasteiger charge is 2.31. The number of nitrogen functional groups attached to an aromatic ring is 1. The van der Waals surface area contributed by atoms with Crippen LogP contribution >= 0.6 is 0 Å². The molecule has 9 heteroatoms. The van der Waals surface area contributed by atoms with Gasteiger partial charge in [0.1, 0.15) is 0 Å². The van der Waals surface area contributed by atoms with Crippen LogP contribution in [-0.4, -0.2) is 57.7 Å². The fourth-order valence-electron chi connectivity index (χ4n) is 3.71. The summed E-state index contributed by atoms with van der Waals surface area (Å²) in [6.07, 6.45) is 0.685. The molecule has 1 amide bonds. The van der Waals surface area contributed by atoms with E-state index < -0.39 is 0 Å². The molecule has 0 saturated heterocycles. The Bertz CT molecular complexity index is 1010. The van der Waals surface area contributed by atoms with Crippen LogP contribution in [-0.2, 0) is 16.0 Å². The van der Waals surface area contributed by atoms with Gasteiger partial charge in [-0.25, -0.2) is 0 Å². The van der Waals surface area contributed by atoms with E-state index in [-0.39, 0.29) is 24.8 Å². The van der Waals surface area contributed by atoms with Gasteiger partial charge in [0.2, 0.25) is 5.75 Å². The Labute approximate surface area is 187 Å². The molecule has 1 heterocycles. The lowest BCUT2D eigenvalue weighted by Gasteiger charge is -2.30. The molecule has 0 aromatic heterocycles. The zero-order valence-corrected chi connectivity index (χ0v) is 18.8. The van der Waals surface area contributed by atoms with Gasteiger partial charge in [-0.1, -0.05) is 6.07 Å². The molecule has 9 nitrogen and oxygen atoms in total. The Morgan fingerprint density at radius 2 is 1.97 bits per heavy atom. The number of fused-ring (bicyclic) bond motifs is 1. The molecular weight excluding hydrogens is 414 g/mol. The van der Waals surface area contributed by atoms with Crippen molar-refractivity contribution in [3.8, 4) is 23.0 Å². The Morgan fingerprint density at radius 3 is 2.62 bits per heavy atom. The lowest BCUT2D eigenvalue weighted by atomic mass is 9.96. The highest BCUT2D eigenvalue weighted by Crippen LogP contribution is 2.47. The number of benzene rings is 2. The number of hydrogen-bond acceptors (Lipinski definition) is 8. The molecular formula is C23H29N3O6. The standard InChI is InChI=1S/C23H29N3O6/c1-5-31-19(27)10-12-26-11-9-14-15(23(26)28)13-18(29-3)22(21(14)30-4)32-17-8-6-7-16(25-2)20(17)24/h6-8,13,25H,5,9-12,24H2,1-4H3. The van der Waals surface area contributed by atoms with Gasteiger partial charge in [-0.2, -0.15) is 0 Å². The Hall–Kier alpha value is -3.62. The molecule has 32 heavy (non-hydrogen) atoms. The van der Waals surface area contributed by atoms with Crippen LogP contribution in [0.15, 0.2) is 24.3 Å². The average molecular weight is 444 g/mol. The molecule has 0 atom stereocenters. The number of rotatable bonds is 9. The number of carbonyl (C=O) groups excluding carboxylic acids is 2. The maximum Gasteiger partial charge on any atom is 0.307 e. The summed E-state index contributed by atoms with van der Waals surface area (Å²) >= 11 is 0. The fraction of sp³-hybridized carbons (Fsp3) is 0.391. The first-order chi connectivity index (χ1) is 15.4. The van der Waals surface area contributed by atoms with Crippen LogP contribution in [0.5, 0.6) is 23.0 Å². The maximum atomic E-state index is 13.1. The van der Waals surface area contributed by atoms with Crippen molar-refractivity contribution < 1.29 is 28.5 Å². The number of nitrogens with two attached hydrogens (primary N) is 1. The molecule has 2 aromatic carbocycles. The van der Waals surface area contributed by atoms with E-state index in [1.807, 2.05) is 12.1 Å². The lowest BCUT2D eigenvalue weighted by Crippen LogP contribution is -2.39. The van der Waals surface area contributed by atoms with Crippen LogP contribution in [0.2, 0.25) is 0 Å². The second-order valence-electron chi connectivity index (χ2n) is 7.13. The molecule has 0 saturated carbocycles. The Morgan fingerprint density at radius 1 is 1.19 bits per heavy atom. The van der Waals surface area contributed by atoms with Crippen molar-refractivity contribution in [2.45, 2.75) is 19.8 Å². The van der Waals surface area contributed by atoms with Crippen molar-refractivity contribution in [1.82, 2.24) is 4.90 Å². The second kappa shape index (κ2) is 10.1. The van der Waals surface area contributed by atoms with Gasteiger partial charge in [0.15, 0.2) is 17.2 Å². The molecule has 0 spiro atoms. The third-order valence-electron chi connectivity index (χ3n) is 5.32. The quantitative estimate of drug-likeness (QED) is 0.449. The summed E-state index contributed by atoms with van der Waals surface area (Å²) in [7, 11) is 4.79. The first-order valence-corrected chi connectivity index (χ1v) is 10.4.